The van der Waals surface area contributed by atoms with Crippen molar-refractivity contribution in [2.24, 2.45) is 5.73 Å². The number of aromatic nitrogens is 2. The monoisotopic (exact) mass is 514 g/mol. The Hall–Kier alpha value is -4.57. The van der Waals surface area contributed by atoms with E-state index in [2.05, 4.69) is 20.1 Å². The highest BCUT2D eigenvalue weighted by Gasteiger charge is 2.23. The third kappa shape index (κ3) is 4.85. The minimum atomic E-state index is -1.31. The number of nitrogens with one attached hydrogen (secondary N) is 2. The van der Waals surface area contributed by atoms with Gasteiger partial charge in [-0.2, -0.15) is 0 Å². The summed E-state index contributed by atoms with van der Waals surface area (Å²) in [4.78, 5) is 45.1. The number of aromatic amines is 1. The van der Waals surface area contributed by atoms with Crippen LogP contribution in [0, 0.1) is 0 Å². The Morgan fingerprint density at radius 3 is 2.55 bits per heavy atom. The Bertz CT molecular complexity index is 1570. The third-order valence-corrected chi connectivity index (χ3v) is 7.05. The number of pyridine rings is 1. The van der Waals surface area contributed by atoms with Gasteiger partial charge in [-0.15, -0.1) is 0 Å². The van der Waals surface area contributed by atoms with Gasteiger partial charge in [-0.05, 0) is 49.4 Å². The van der Waals surface area contributed by atoms with Gasteiger partial charge in [-0.25, -0.2) is 4.79 Å². The number of amides is 1. The quantitative estimate of drug-likeness (QED) is 0.284. The SMILES string of the molecule is CN1CCN(c2cc(C(N)=O)ccc2-n2ccc(NCCc3c[nH]c4ccccc34)c(C(=O)O)c2=O)CC1. The van der Waals surface area contributed by atoms with Crippen LogP contribution in [-0.2, 0) is 6.42 Å². The average Bonchev–Trinajstić information content (AvgIpc) is 3.32. The zero-order valence-electron chi connectivity index (χ0n) is 21.1. The molecule has 1 amide bonds. The van der Waals surface area contributed by atoms with E-state index in [1.807, 2.05) is 37.5 Å². The minimum Gasteiger partial charge on any atom is -0.477 e. The van der Waals surface area contributed by atoms with Crippen LogP contribution < -0.4 is 21.5 Å². The summed E-state index contributed by atoms with van der Waals surface area (Å²) in [5, 5.41) is 14.2. The molecule has 10 heteroatoms. The van der Waals surface area contributed by atoms with Gasteiger partial charge in [0.15, 0.2) is 0 Å². The van der Waals surface area contributed by atoms with Crippen molar-refractivity contribution in [1.82, 2.24) is 14.5 Å². The summed E-state index contributed by atoms with van der Waals surface area (Å²) < 4.78 is 1.33. The summed E-state index contributed by atoms with van der Waals surface area (Å²) in [6, 6.07) is 14.4. The fourth-order valence-electron chi connectivity index (χ4n) is 4.93. The van der Waals surface area contributed by atoms with E-state index in [-0.39, 0.29) is 11.3 Å². The van der Waals surface area contributed by atoms with Crippen LogP contribution in [0.5, 0.6) is 0 Å². The van der Waals surface area contributed by atoms with Crippen molar-refractivity contribution in [3.05, 3.63) is 88.0 Å². The fourth-order valence-corrected chi connectivity index (χ4v) is 4.93. The van der Waals surface area contributed by atoms with Crippen LogP contribution in [0.1, 0.15) is 26.3 Å². The molecular weight excluding hydrogens is 484 g/mol. The van der Waals surface area contributed by atoms with Crippen LogP contribution >= 0.6 is 0 Å². The van der Waals surface area contributed by atoms with Crippen molar-refractivity contribution >= 4 is 34.2 Å². The number of likely N-dealkylation sites (N-methyl/N-ethyl adjacent to an activating group) is 1. The Balaban J connectivity index is 1.47. The molecule has 0 unspecified atom stereocenters. The number of aromatic carboxylic acids is 1. The van der Waals surface area contributed by atoms with Crippen LogP contribution in [0.3, 0.4) is 0 Å². The molecule has 0 bridgehead atoms. The summed E-state index contributed by atoms with van der Waals surface area (Å²) in [5.74, 6) is -1.88. The van der Waals surface area contributed by atoms with Crippen molar-refractivity contribution in [3.63, 3.8) is 0 Å². The molecule has 196 valence electrons. The molecule has 3 heterocycles. The maximum Gasteiger partial charge on any atom is 0.343 e. The molecular formula is C28H30N6O4. The van der Waals surface area contributed by atoms with E-state index >= 15 is 0 Å². The summed E-state index contributed by atoms with van der Waals surface area (Å²) in [7, 11) is 2.03. The molecule has 0 spiro atoms. The van der Waals surface area contributed by atoms with E-state index in [4.69, 9.17) is 5.73 Å². The number of piperazine rings is 1. The highest BCUT2D eigenvalue weighted by molar-refractivity contribution is 5.95. The van der Waals surface area contributed by atoms with E-state index in [0.29, 0.717) is 43.0 Å². The first-order valence-electron chi connectivity index (χ1n) is 12.5. The molecule has 5 rings (SSSR count). The number of para-hydroxylation sites is 1. The van der Waals surface area contributed by atoms with Gasteiger partial charge in [0, 0.05) is 61.6 Å². The summed E-state index contributed by atoms with van der Waals surface area (Å²) >= 11 is 0. The molecule has 5 N–H and O–H groups in total. The first-order chi connectivity index (χ1) is 18.3. The maximum absolute atomic E-state index is 13.5. The van der Waals surface area contributed by atoms with Crippen molar-refractivity contribution in [1.29, 1.82) is 0 Å². The lowest BCUT2D eigenvalue weighted by molar-refractivity contribution is 0.0695. The number of rotatable bonds is 8. The Kier molecular flexibility index (Phi) is 6.89. The second kappa shape index (κ2) is 10.4. The molecule has 2 aromatic heterocycles. The molecule has 0 aliphatic carbocycles. The Morgan fingerprint density at radius 2 is 1.82 bits per heavy atom. The molecule has 10 nitrogen and oxygen atoms in total. The first kappa shape index (κ1) is 25.1. The van der Waals surface area contributed by atoms with Gasteiger partial charge in [0.25, 0.3) is 5.56 Å². The second-order valence-corrected chi connectivity index (χ2v) is 9.48. The smallest absolute Gasteiger partial charge is 0.343 e. The van der Waals surface area contributed by atoms with Gasteiger partial charge in [0.1, 0.15) is 5.56 Å². The number of benzene rings is 2. The molecule has 1 aliphatic rings. The highest BCUT2D eigenvalue weighted by Crippen LogP contribution is 2.27. The highest BCUT2D eigenvalue weighted by atomic mass is 16.4. The van der Waals surface area contributed by atoms with Crippen molar-refractivity contribution in [2.75, 3.05) is 50.0 Å². The summed E-state index contributed by atoms with van der Waals surface area (Å²) in [6.45, 7) is 3.47. The molecule has 0 radical (unpaired) electrons. The van der Waals surface area contributed by atoms with Gasteiger partial charge >= 0.3 is 5.97 Å². The number of fused-ring (bicyclic) bond motifs is 1. The van der Waals surface area contributed by atoms with Crippen molar-refractivity contribution in [2.45, 2.75) is 6.42 Å². The number of hydrogen-bond donors (Lipinski definition) is 4. The molecule has 1 aliphatic heterocycles. The number of H-pyrrole nitrogens is 1. The molecule has 0 atom stereocenters. The second-order valence-electron chi connectivity index (χ2n) is 9.48. The number of primary amides is 1. The number of nitrogens with two attached hydrogens (primary N) is 1. The van der Waals surface area contributed by atoms with Gasteiger partial charge in [0.2, 0.25) is 5.91 Å². The predicted octanol–water partition coefficient (Wildman–Crippen LogP) is 2.52. The number of carbonyl (C=O) groups is 2. The largest absolute Gasteiger partial charge is 0.477 e. The van der Waals surface area contributed by atoms with Crippen LogP contribution in [0.25, 0.3) is 16.6 Å². The minimum absolute atomic E-state index is 0.258. The van der Waals surface area contributed by atoms with E-state index in [1.165, 1.54) is 4.57 Å². The van der Waals surface area contributed by atoms with Gasteiger partial charge < -0.3 is 30.9 Å². The van der Waals surface area contributed by atoms with E-state index in [9.17, 15) is 19.5 Å². The standard InChI is InChI=1S/C28H30N6O4/c1-32-12-14-33(15-13-32)24-16-18(26(29)35)6-7-23(24)34-11-9-22(25(27(34)36)28(37)38)30-10-8-19-17-31-21-5-3-2-4-20(19)21/h2-7,9,11,16-17,30-31H,8,10,12-15H2,1H3,(H2,29,35)(H,37,38). The lowest BCUT2D eigenvalue weighted by Gasteiger charge is -2.35. The molecule has 4 aromatic rings. The Labute approximate surface area is 219 Å². The van der Waals surface area contributed by atoms with E-state index < -0.39 is 17.4 Å². The molecule has 1 fully saturated rings. The molecule has 38 heavy (non-hydrogen) atoms. The summed E-state index contributed by atoms with van der Waals surface area (Å²) in [6.07, 6.45) is 4.16. The number of carbonyl (C=O) groups excluding carboxylic acids is 1. The van der Waals surface area contributed by atoms with Gasteiger partial charge in [-0.3, -0.25) is 14.2 Å². The van der Waals surface area contributed by atoms with Gasteiger partial charge in [-0.1, -0.05) is 18.2 Å². The average molecular weight is 515 g/mol. The van der Waals surface area contributed by atoms with Crippen LogP contribution in [0.4, 0.5) is 11.4 Å². The molecule has 1 saturated heterocycles. The number of carboxylic acid groups (broad SMARTS) is 1. The molecule has 0 saturated carbocycles. The first-order valence-corrected chi connectivity index (χ1v) is 12.5. The lowest BCUT2D eigenvalue weighted by Crippen LogP contribution is -2.45. The van der Waals surface area contributed by atoms with Crippen LogP contribution in [-0.4, -0.2) is 71.2 Å². The zero-order chi connectivity index (χ0) is 26.8. The van der Waals surface area contributed by atoms with Crippen LogP contribution in [0.15, 0.2) is 65.7 Å². The topological polar surface area (TPSA) is 137 Å². The fraction of sp³-hybridized carbons (Fsp3) is 0.250. The van der Waals surface area contributed by atoms with Crippen LogP contribution in [0.2, 0.25) is 0 Å². The van der Waals surface area contributed by atoms with E-state index in [1.54, 1.807) is 30.5 Å². The molecule has 2 aromatic carbocycles. The maximum atomic E-state index is 13.5. The van der Waals surface area contributed by atoms with Crippen molar-refractivity contribution in [3.8, 4) is 5.69 Å². The zero-order valence-corrected chi connectivity index (χ0v) is 21.1. The third-order valence-electron chi connectivity index (χ3n) is 7.05. The summed E-state index contributed by atoms with van der Waals surface area (Å²) in [5.41, 5.74) is 8.41. The number of anilines is 2. The predicted molar refractivity (Wildman–Crippen MR) is 148 cm³/mol. The van der Waals surface area contributed by atoms with Crippen molar-refractivity contribution < 1.29 is 14.7 Å². The number of nitrogens with zero attached hydrogens (tertiary/aromatic N) is 3. The van der Waals surface area contributed by atoms with E-state index in [0.717, 1.165) is 29.6 Å². The lowest BCUT2D eigenvalue weighted by atomic mass is 10.1. The normalized spacial score (nSPS) is 14.1. The number of hydrogen-bond acceptors (Lipinski definition) is 6. The van der Waals surface area contributed by atoms with Gasteiger partial charge in [0.05, 0.1) is 17.1 Å². The Morgan fingerprint density at radius 1 is 1.05 bits per heavy atom. The number of carboxylic acids is 1.